The molecule has 1 aliphatic rings. The fourth-order valence-corrected chi connectivity index (χ4v) is 3.45. The summed E-state index contributed by atoms with van der Waals surface area (Å²) >= 11 is 1.07. The summed E-state index contributed by atoms with van der Waals surface area (Å²) in [5.74, 6) is 5.42. The van der Waals surface area contributed by atoms with Gasteiger partial charge in [-0.1, -0.05) is 23.9 Å². The monoisotopic (exact) mass is 378 g/mol. The van der Waals surface area contributed by atoms with Gasteiger partial charge in [0.2, 0.25) is 11.1 Å². The summed E-state index contributed by atoms with van der Waals surface area (Å²) in [5.41, 5.74) is 0.317. The molecule has 0 spiro atoms. The van der Waals surface area contributed by atoms with Gasteiger partial charge < -0.3 is 15.6 Å². The summed E-state index contributed by atoms with van der Waals surface area (Å²) in [6, 6.07) is 6.61. The number of thioether (sulfide) groups is 1. The molecule has 138 valence electrons. The number of aryl methyl sites for hydroxylation is 1. The zero-order chi connectivity index (χ0) is 18.7. The zero-order valence-corrected chi connectivity index (χ0v) is 15.1. The molecule has 0 atom stereocenters. The number of hydrogen-bond donors (Lipinski definition) is 1. The number of nitrogen functional groups attached to an aromatic ring is 1. The van der Waals surface area contributed by atoms with Gasteiger partial charge in [0.15, 0.2) is 0 Å². The second-order valence-electron chi connectivity index (χ2n) is 5.85. The van der Waals surface area contributed by atoms with Gasteiger partial charge in [-0.25, -0.2) is 4.39 Å². The first kappa shape index (κ1) is 18.2. The molecule has 8 nitrogen and oxygen atoms in total. The maximum atomic E-state index is 13.9. The number of nitrogens with two attached hydrogens (primary N) is 1. The fraction of sp³-hybridized carbons (Fsp3) is 0.375. The van der Waals surface area contributed by atoms with E-state index in [2.05, 4.69) is 10.2 Å². The van der Waals surface area contributed by atoms with Gasteiger partial charge in [0.25, 0.3) is 5.56 Å². The van der Waals surface area contributed by atoms with Crippen LogP contribution in [0.3, 0.4) is 0 Å². The third kappa shape index (κ3) is 3.79. The van der Waals surface area contributed by atoms with E-state index < -0.39 is 5.56 Å². The maximum Gasteiger partial charge on any atom is 0.294 e. The van der Waals surface area contributed by atoms with E-state index in [9.17, 15) is 14.0 Å². The lowest BCUT2D eigenvalue weighted by molar-refractivity contribution is -0.128. The van der Waals surface area contributed by atoms with E-state index in [1.807, 2.05) is 4.90 Å². The molecule has 0 unspecified atom stereocenters. The summed E-state index contributed by atoms with van der Waals surface area (Å²) in [6.45, 7) is 3.64. The lowest BCUT2D eigenvalue weighted by atomic mass is 10.2. The average molecular weight is 378 g/mol. The predicted octanol–water partition coefficient (Wildman–Crippen LogP) is 0.241. The summed E-state index contributed by atoms with van der Waals surface area (Å²) in [4.78, 5) is 27.7. The topological polar surface area (TPSA) is 97.3 Å². The smallest absolute Gasteiger partial charge is 0.294 e. The molecule has 26 heavy (non-hydrogen) atoms. The van der Waals surface area contributed by atoms with Crippen LogP contribution < -0.4 is 16.3 Å². The van der Waals surface area contributed by atoms with Gasteiger partial charge in [-0.3, -0.25) is 9.59 Å². The SMILES string of the molecule is Cc1nnc(SCC(=O)N2CCN(c3ccccc3F)CC2)n(N)c1=O. The number of anilines is 1. The second-order valence-corrected chi connectivity index (χ2v) is 6.79. The number of rotatable bonds is 4. The molecule has 1 fully saturated rings. The standard InChI is InChI=1S/C16H19FN6O2S/c1-11-15(25)23(18)16(20-19-11)26-10-14(24)22-8-6-21(7-9-22)13-5-3-2-4-12(13)17/h2-5H,6-10,18H2,1H3. The first-order valence-electron chi connectivity index (χ1n) is 8.09. The molecule has 2 heterocycles. The van der Waals surface area contributed by atoms with E-state index >= 15 is 0 Å². The molecule has 2 N–H and O–H groups in total. The van der Waals surface area contributed by atoms with Crippen molar-refractivity contribution in [1.82, 2.24) is 19.8 Å². The fourth-order valence-electron chi connectivity index (χ4n) is 2.69. The first-order valence-corrected chi connectivity index (χ1v) is 9.07. The third-order valence-electron chi connectivity index (χ3n) is 4.17. The Labute approximate surface area is 153 Å². The van der Waals surface area contributed by atoms with Crippen LogP contribution in [0, 0.1) is 12.7 Å². The van der Waals surface area contributed by atoms with Gasteiger partial charge in [-0.15, -0.1) is 10.2 Å². The minimum Gasteiger partial charge on any atom is -0.366 e. The molecular weight excluding hydrogens is 359 g/mol. The summed E-state index contributed by atoms with van der Waals surface area (Å²) in [6.07, 6.45) is 0. The van der Waals surface area contributed by atoms with Crippen LogP contribution in [0.2, 0.25) is 0 Å². The number of aromatic nitrogens is 3. The normalized spacial score (nSPS) is 14.5. The van der Waals surface area contributed by atoms with E-state index in [0.29, 0.717) is 31.9 Å². The zero-order valence-electron chi connectivity index (χ0n) is 14.3. The Bertz CT molecular complexity index is 866. The lowest BCUT2D eigenvalue weighted by Crippen LogP contribution is -2.49. The van der Waals surface area contributed by atoms with Crippen molar-refractivity contribution in [3.05, 3.63) is 46.1 Å². The summed E-state index contributed by atoms with van der Waals surface area (Å²) in [5, 5.41) is 7.77. The Morgan fingerprint density at radius 2 is 1.92 bits per heavy atom. The molecule has 1 aromatic carbocycles. The van der Waals surface area contributed by atoms with E-state index in [0.717, 1.165) is 16.4 Å². The highest BCUT2D eigenvalue weighted by Gasteiger charge is 2.23. The molecule has 10 heteroatoms. The number of halogens is 1. The lowest BCUT2D eigenvalue weighted by Gasteiger charge is -2.36. The van der Waals surface area contributed by atoms with Crippen molar-refractivity contribution in [2.75, 3.05) is 42.7 Å². The Morgan fingerprint density at radius 1 is 1.23 bits per heavy atom. The molecule has 0 saturated carbocycles. The number of amides is 1. The van der Waals surface area contributed by atoms with Gasteiger partial charge >= 0.3 is 0 Å². The Balaban J connectivity index is 1.55. The summed E-state index contributed by atoms with van der Waals surface area (Å²) < 4.78 is 14.8. The molecule has 2 aromatic rings. The van der Waals surface area contributed by atoms with Crippen molar-refractivity contribution in [3.8, 4) is 0 Å². The molecular formula is C16H19FN6O2S. The van der Waals surface area contributed by atoms with Crippen LogP contribution in [0.5, 0.6) is 0 Å². The van der Waals surface area contributed by atoms with Crippen molar-refractivity contribution in [2.24, 2.45) is 0 Å². The van der Waals surface area contributed by atoms with Gasteiger partial charge in [-0.2, -0.15) is 4.68 Å². The van der Waals surface area contributed by atoms with Gasteiger partial charge in [0, 0.05) is 26.2 Å². The number of para-hydroxylation sites is 1. The molecule has 1 aromatic heterocycles. The highest BCUT2D eigenvalue weighted by atomic mass is 32.2. The second kappa shape index (κ2) is 7.73. The molecule has 0 radical (unpaired) electrons. The molecule has 0 aliphatic carbocycles. The first-order chi connectivity index (χ1) is 12.5. The Kier molecular flexibility index (Phi) is 5.40. The largest absolute Gasteiger partial charge is 0.366 e. The van der Waals surface area contributed by atoms with E-state index in [-0.39, 0.29) is 28.3 Å². The van der Waals surface area contributed by atoms with Crippen molar-refractivity contribution < 1.29 is 9.18 Å². The quantitative estimate of drug-likeness (QED) is 0.601. The van der Waals surface area contributed by atoms with Crippen LogP contribution >= 0.6 is 11.8 Å². The van der Waals surface area contributed by atoms with Crippen LogP contribution in [0.4, 0.5) is 10.1 Å². The highest BCUT2D eigenvalue weighted by molar-refractivity contribution is 7.99. The van der Waals surface area contributed by atoms with E-state index in [4.69, 9.17) is 5.84 Å². The number of carbonyl (C=O) groups is 1. The molecule has 1 saturated heterocycles. The molecule has 0 bridgehead atoms. The minimum atomic E-state index is -0.437. The van der Waals surface area contributed by atoms with Gasteiger partial charge in [-0.05, 0) is 19.1 Å². The van der Waals surface area contributed by atoms with Gasteiger partial charge in [0.05, 0.1) is 11.4 Å². The van der Waals surface area contributed by atoms with Crippen LogP contribution in [0.1, 0.15) is 5.69 Å². The van der Waals surface area contributed by atoms with Crippen LogP contribution in [0.15, 0.2) is 34.2 Å². The van der Waals surface area contributed by atoms with Crippen molar-refractivity contribution in [2.45, 2.75) is 12.1 Å². The molecule has 1 aliphatic heterocycles. The van der Waals surface area contributed by atoms with E-state index in [1.165, 1.54) is 13.0 Å². The Morgan fingerprint density at radius 3 is 2.62 bits per heavy atom. The predicted molar refractivity (Wildman–Crippen MR) is 97.1 cm³/mol. The third-order valence-corrected chi connectivity index (χ3v) is 5.10. The molecule has 1 amide bonds. The number of benzene rings is 1. The summed E-state index contributed by atoms with van der Waals surface area (Å²) in [7, 11) is 0. The van der Waals surface area contributed by atoms with Crippen LogP contribution in [-0.2, 0) is 4.79 Å². The van der Waals surface area contributed by atoms with Crippen molar-refractivity contribution >= 4 is 23.4 Å². The van der Waals surface area contributed by atoms with Crippen LogP contribution in [-0.4, -0.2) is 57.6 Å². The molecule has 3 rings (SSSR count). The van der Waals surface area contributed by atoms with Gasteiger partial charge in [0.1, 0.15) is 11.5 Å². The maximum absolute atomic E-state index is 13.9. The van der Waals surface area contributed by atoms with Crippen molar-refractivity contribution in [3.63, 3.8) is 0 Å². The van der Waals surface area contributed by atoms with E-state index in [1.54, 1.807) is 23.1 Å². The highest BCUT2D eigenvalue weighted by Crippen LogP contribution is 2.20. The number of nitrogens with zero attached hydrogens (tertiary/aromatic N) is 5. The van der Waals surface area contributed by atoms with Crippen molar-refractivity contribution in [1.29, 1.82) is 0 Å². The average Bonchev–Trinajstić information content (AvgIpc) is 2.66. The number of piperazine rings is 1. The number of carbonyl (C=O) groups excluding carboxylic acids is 1. The van der Waals surface area contributed by atoms with Crippen LogP contribution in [0.25, 0.3) is 0 Å². The Hall–Kier alpha value is -2.62. The minimum absolute atomic E-state index is 0.0852. The number of hydrogen-bond acceptors (Lipinski definition) is 7.